The number of hydrogen-bond donors (Lipinski definition) is 3. The second-order valence-electron chi connectivity index (χ2n) is 7.39. The van der Waals surface area contributed by atoms with E-state index in [1.54, 1.807) is 18.7 Å². The first-order valence-corrected chi connectivity index (χ1v) is 11.6. The number of carbonyl (C=O) groups is 2. The van der Waals surface area contributed by atoms with Crippen LogP contribution >= 0.6 is 0 Å². The molecule has 2 amide bonds. The van der Waals surface area contributed by atoms with E-state index >= 15 is 0 Å². The van der Waals surface area contributed by atoms with E-state index in [0.29, 0.717) is 44.2 Å². The van der Waals surface area contributed by atoms with E-state index in [4.69, 9.17) is 4.74 Å². The number of amides is 2. The number of sulfonamides is 1. The van der Waals surface area contributed by atoms with Crippen molar-refractivity contribution in [1.29, 1.82) is 0 Å². The van der Waals surface area contributed by atoms with E-state index < -0.39 is 10.0 Å². The summed E-state index contributed by atoms with van der Waals surface area (Å²) in [4.78, 5) is 29.6. The Balaban J connectivity index is 1.63. The average Bonchev–Trinajstić information content (AvgIpc) is 3.07. The highest BCUT2D eigenvalue weighted by atomic mass is 32.2. The van der Waals surface area contributed by atoms with Crippen LogP contribution in [0.2, 0.25) is 0 Å². The molecule has 168 valence electrons. The maximum Gasteiger partial charge on any atom is 0.257 e. The highest BCUT2D eigenvalue weighted by Crippen LogP contribution is 2.25. The first-order valence-electron chi connectivity index (χ1n) is 10.2. The normalized spacial score (nSPS) is 14.5. The Morgan fingerprint density at radius 1 is 1.10 bits per heavy atom. The van der Waals surface area contributed by atoms with Crippen molar-refractivity contribution in [3.8, 4) is 0 Å². The number of aromatic amines is 1. The van der Waals surface area contributed by atoms with Crippen molar-refractivity contribution in [3.05, 3.63) is 52.8 Å². The molecule has 0 spiro atoms. The van der Waals surface area contributed by atoms with E-state index in [9.17, 15) is 18.0 Å². The predicted molar refractivity (Wildman–Crippen MR) is 115 cm³/mol. The molecule has 0 atom stereocenters. The molecule has 1 aromatic heterocycles. The van der Waals surface area contributed by atoms with Gasteiger partial charge in [-0.2, -0.15) is 0 Å². The summed E-state index contributed by atoms with van der Waals surface area (Å²) in [5.74, 6) is -0.607. The van der Waals surface area contributed by atoms with Crippen LogP contribution in [-0.4, -0.2) is 63.0 Å². The summed E-state index contributed by atoms with van der Waals surface area (Å²) in [6.45, 7) is 5.27. The first kappa shape index (κ1) is 23.0. The lowest BCUT2D eigenvalue weighted by Crippen LogP contribution is -2.41. The van der Waals surface area contributed by atoms with Gasteiger partial charge < -0.3 is 19.9 Å². The van der Waals surface area contributed by atoms with Gasteiger partial charge in [-0.25, -0.2) is 13.1 Å². The van der Waals surface area contributed by atoms with Crippen LogP contribution in [0.15, 0.2) is 35.2 Å². The maximum absolute atomic E-state index is 13.0. The number of ether oxygens (including phenoxy) is 1. The Bertz CT molecular complexity index is 1030. The van der Waals surface area contributed by atoms with E-state index in [1.807, 2.05) is 30.3 Å². The largest absolute Gasteiger partial charge is 0.378 e. The number of H-pyrrole nitrogens is 1. The Labute approximate surface area is 182 Å². The highest BCUT2D eigenvalue weighted by molar-refractivity contribution is 7.89. The van der Waals surface area contributed by atoms with Gasteiger partial charge in [0.05, 0.1) is 18.8 Å². The number of aromatic nitrogens is 1. The minimum atomic E-state index is -3.99. The number of nitrogens with zero attached hydrogens (tertiary/aromatic N) is 1. The van der Waals surface area contributed by atoms with Gasteiger partial charge in [-0.15, -0.1) is 0 Å². The van der Waals surface area contributed by atoms with Gasteiger partial charge in [0.1, 0.15) is 4.90 Å². The van der Waals surface area contributed by atoms with Gasteiger partial charge in [0.25, 0.3) is 5.91 Å². The van der Waals surface area contributed by atoms with Crippen LogP contribution in [0.25, 0.3) is 0 Å². The van der Waals surface area contributed by atoms with Crippen LogP contribution in [-0.2, 0) is 26.1 Å². The van der Waals surface area contributed by atoms with Crippen molar-refractivity contribution >= 4 is 21.8 Å². The fourth-order valence-corrected chi connectivity index (χ4v) is 5.01. The molecule has 1 aromatic carbocycles. The quantitative estimate of drug-likeness (QED) is 0.558. The summed E-state index contributed by atoms with van der Waals surface area (Å²) in [5, 5.41) is 2.76. The zero-order valence-corrected chi connectivity index (χ0v) is 18.5. The van der Waals surface area contributed by atoms with Crippen LogP contribution in [0, 0.1) is 13.8 Å². The average molecular weight is 449 g/mol. The topological polar surface area (TPSA) is 121 Å². The highest BCUT2D eigenvalue weighted by Gasteiger charge is 2.31. The van der Waals surface area contributed by atoms with Gasteiger partial charge in [0, 0.05) is 44.0 Å². The Kier molecular flexibility index (Phi) is 7.47. The minimum absolute atomic E-state index is 0.0126. The molecular formula is C21H28N4O5S. The lowest BCUT2D eigenvalue weighted by atomic mass is 10.2. The zero-order chi connectivity index (χ0) is 22.4. The summed E-state index contributed by atoms with van der Waals surface area (Å²) < 4.78 is 33.7. The standard InChI is InChI=1S/C21H28N4O5S/c1-15-19(21(27)25-10-12-30-13-11-25)20(16(2)24-15)31(28,29)23-9-8-18(26)22-14-17-6-4-3-5-7-17/h3-7,23-24H,8-14H2,1-2H3,(H,22,26). The van der Waals surface area contributed by atoms with Crippen molar-refractivity contribution in [2.24, 2.45) is 0 Å². The van der Waals surface area contributed by atoms with Crippen LogP contribution < -0.4 is 10.0 Å². The molecule has 3 N–H and O–H groups in total. The number of nitrogens with one attached hydrogen (secondary N) is 3. The van der Waals surface area contributed by atoms with E-state index in [-0.39, 0.29) is 35.2 Å². The second-order valence-corrected chi connectivity index (χ2v) is 9.10. The molecule has 1 fully saturated rings. The van der Waals surface area contributed by atoms with Crippen molar-refractivity contribution < 1.29 is 22.7 Å². The molecule has 1 aliphatic heterocycles. The molecular weight excluding hydrogens is 420 g/mol. The number of rotatable bonds is 8. The van der Waals surface area contributed by atoms with E-state index in [1.165, 1.54) is 0 Å². The van der Waals surface area contributed by atoms with Gasteiger partial charge in [0.2, 0.25) is 15.9 Å². The monoisotopic (exact) mass is 448 g/mol. The lowest BCUT2D eigenvalue weighted by molar-refractivity contribution is -0.121. The Morgan fingerprint density at radius 2 is 1.77 bits per heavy atom. The number of benzene rings is 1. The molecule has 0 saturated carbocycles. The fourth-order valence-electron chi connectivity index (χ4n) is 3.53. The molecule has 0 radical (unpaired) electrons. The minimum Gasteiger partial charge on any atom is -0.378 e. The van der Waals surface area contributed by atoms with Crippen molar-refractivity contribution in [2.75, 3.05) is 32.8 Å². The van der Waals surface area contributed by atoms with E-state index in [2.05, 4.69) is 15.0 Å². The summed E-state index contributed by atoms with van der Waals surface area (Å²) in [5.41, 5.74) is 1.98. The smallest absolute Gasteiger partial charge is 0.257 e. The lowest BCUT2D eigenvalue weighted by Gasteiger charge is -2.27. The number of morpholine rings is 1. The molecule has 3 rings (SSSR count). The van der Waals surface area contributed by atoms with Crippen LogP contribution in [0.3, 0.4) is 0 Å². The zero-order valence-electron chi connectivity index (χ0n) is 17.7. The van der Waals surface area contributed by atoms with E-state index in [0.717, 1.165) is 5.56 Å². The Morgan fingerprint density at radius 3 is 2.45 bits per heavy atom. The summed E-state index contributed by atoms with van der Waals surface area (Å²) in [6, 6.07) is 9.45. The van der Waals surface area contributed by atoms with Crippen molar-refractivity contribution in [3.63, 3.8) is 0 Å². The molecule has 1 saturated heterocycles. The molecule has 0 bridgehead atoms. The molecule has 0 aliphatic carbocycles. The molecule has 31 heavy (non-hydrogen) atoms. The predicted octanol–water partition coefficient (Wildman–Crippen LogP) is 1.09. The van der Waals surface area contributed by atoms with Gasteiger partial charge in [-0.3, -0.25) is 9.59 Å². The number of aryl methyl sites for hydroxylation is 2. The molecule has 1 aliphatic rings. The van der Waals surface area contributed by atoms with Crippen molar-refractivity contribution in [2.45, 2.75) is 31.7 Å². The fraction of sp³-hybridized carbons (Fsp3) is 0.429. The van der Waals surface area contributed by atoms with Crippen LogP contribution in [0.1, 0.15) is 33.7 Å². The molecule has 2 aromatic rings. The summed E-state index contributed by atoms with van der Waals surface area (Å²) >= 11 is 0. The molecule has 10 heteroatoms. The third-order valence-electron chi connectivity index (χ3n) is 5.08. The van der Waals surface area contributed by atoms with Gasteiger partial charge >= 0.3 is 0 Å². The molecule has 9 nitrogen and oxygen atoms in total. The van der Waals surface area contributed by atoms with Crippen LogP contribution in [0.5, 0.6) is 0 Å². The third-order valence-corrected chi connectivity index (χ3v) is 6.71. The summed E-state index contributed by atoms with van der Waals surface area (Å²) in [7, 11) is -3.99. The maximum atomic E-state index is 13.0. The SMILES string of the molecule is Cc1[nH]c(C)c(S(=O)(=O)NCCC(=O)NCc2ccccc2)c1C(=O)N1CCOCC1. The van der Waals surface area contributed by atoms with Crippen molar-refractivity contribution in [1.82, 2.24) is 19.9 Å². The summed E-state index contributed by atoms with van der Waals surface area (Å²) in [6.07, 6.45) is -0.0126. The number of hydrogen-bond acceptors (Lipinski definition) is 5. The van der Waals surface area contributed by atoms with Gasteiger partial charge in [-0.1, -0.05) is 30.3 Å². The van der Waals surface area contributed by atoms with Crippen LogP contribution in [0.4, 0.5) is 0 Å². The second kappa shape index (κ2) is 10.1. The first-order chi connectivity index (χ1) is 14.8. The van der Waals surface area contributed by atoms with Gasteiger partial charge in [-0.05, 0) is 19.4 Å². The molecule has 0 unspecified atom stereocenters. The Hall–Kier alpha value is -2.69. The van der Waals surface area contributed by atoms with Gasteiger partial charge in [0.15, 0.2) is 0 Å². The third kappa shape index (κ3) is 5.72. The number of carbonyl (C=O) groups excluding carboxylic acids is 2. The molecule has 2 heterocycles.